The fourth-order valence-corrected chi connectivity index (χ4v) is 2.73. The first-order valence-electron chi connectivity index (χ1n) is 7.12. The lowest BCUT2D eigenvalue weighted by molar-refractivity contribution is 0.0682. The van der Waals surface area contributed by atoms with Crippen LogP contribution in [0.4, 0.5) is 0 Å². The minimum absolute atomic E-state index is 0.0600. The number of pyridine rings is 1. The minimum Gasteiger partial charge on any atom is -0.477 e. The van der Waals surface area contributed by atoms with E-state index in [4.69, 9.17) is 5.11 Å². The highest BCUT2D eigenvalue weighted by Crippen LogP contribution is 2.27. The molecule has 22 heavy (non-hydrogen) atoms. The maximum Gasteiger partial charge on any atom is 0.354 e. The van der Waals surface area contributed by atoms with E-state index >= 15 is 0 Å². The third-order valence-corrected chi connectivity index (χ3v) is 4.00. The van der Waals surface area contributed by atoms with E-state index in [0.29, 0.717) is 24.6 Å². The molecule has 1 aliphatic rings. The molecule has 2 aromatic rings. The summed E-state index contributed by atoms with van der Waals surface area (Å²) >= 11 is 0. The second kappa shape index (κ2) is 5.97. The molecular weight excluding hydrogens is 284 g/mol. The second-order valence-electron chi connectivity index (χ2n) is 5.34. The number of likely N-dealkylation sites (tertiary alicyclic amines) is 1. The van der Waals surface area contributed by atoms with Crippen LogP contribution < -0.4 is 0 Å². The van der Waals surface area contributed by atoms with Crippen molar-refractivity contribution in [2.45, 2.75) is 18.8 Å². The van der Waals surface area contributed by atoms with Crippen LogP contribution >= 0.6 is 0 Å². The molecule has 0 unspecified atom stereocenters. The van der Waals surface area contributed by atoms with Crippen LogP contribution in [0.25, 0.3) is 0 Å². The summed E-state index contributed by atoms with van der Waals surface area (Å²) in [7, 11) is 0. The summed E-state index contributed by atoms with van der Waals surface area (Å²) in [6, 6.07) is 2.87. The van der Waals surface area contributed by atoms with E-state index in [9.17, 15) is 9.59 Å². The lowest BCUT2D eigenvalue weighted by Crippen LogP contribution is -2.37. The molecule has 2 aromatic heterocycles. The van der Waals surface area contributed by atoms with Crippen LogP contribution in [0.3, 0.4) is 0 Å². The van der Waals surface area contributed by atoms with Crippen molar-refractivity contribution >= 4 is 11.9 Å². The van der Waals surface area contributed by atoms with Gasteiger partial charge in [-0.25, -0.2) is 9.78 Å². The van der Waals surface area contributed by atoms with E-state index in [1.54, 1.807) is 4.90 Å². The van der Waals surface area contributed by atoms with Crippen LogP contribution in [0.5, 0.6) is 0 Å². The number of nitrogens with zero attached hydrogens (tertiary/aromatic N) is 3. The number of nitrogens with one attached hydrogen (secondary N) is 1. The van der Waals surface area contributed by atoms with Gasteiger partial charge in [0.2, 0.25) is 0 Å². The van der Waals surface area contributed by atoms with Crippen molar-refractivity contribution in [3.05, 3.63) is 47.5 Å². The van der Waals surface area contributed by atoms with Crippen molar-refractivity contribution in [1.82, 2.24) is 20.1 Å². The van der Waals surface area contributed by atoms with Crippen molar-refractivity contribution in [2.75, 3.05) is 13.1 Å². The summed E-state index contributed by atoms with van der Waals surface area (Å²) in [4.78, 5) is 28.7. The molecule has 7 heteroatoms. The van der Waals surface area contributed by atoms with Gasteiger partial charge in [-0.3, -0.25) is 9.89 Å². The Morgan fingerprint density at radius 2 is 2.00 bits per heavy atom. The molecule has 1 saturated heterocycles. The van der Waals surface area contributed by atoms with Crippen LogP contribution in [0.15, 0.2) is 30.7 Å². The molecule has 1 amide bonds. The number of carbonyl (C=O) groups excluding carboxylic acids is 1. The van der Waals surface area contributed by atoms with Crippen molar-refractivity contribution in [3.63, 3.8) is 0 Å². The first-order chi connectivity index (χ1) is 10.6. The standard InChI is InChI=1S/C15H16N4O3/c20-14(11-1-2-13(15(21)22)16-7-11)19-5-3-10(4-6-19)12-8-17-18-9-12/h1-2,7-10H,3-6H2,(H,17,18)(H,21,22). The number of carbonyl (C=O) groups is 2. The number of aromatic carboxylic acids is 1. The number of hydrogen-bond acceptors (Lipinski definition) is 4. The largest absolute Gasteiger partial charge is 0.477 e. The number of piperidine rings is 1. The van der Waals surface area contributed by atoms with Gasteiger partial charge in [-0.15, -0.1) is 0 Å². The number of H-pyrrole nitrogens is 1. The van der Waals surface area contributed by atoms with Gasteiger partial charge in [-0.05, 0) is 36.5 Å². The molecule has 1 aliphatic heterocycles. The Kier molecular flexibility index (Phi) is 3.86. The van der Waals surface area contributed by atoms with Crippen LogP contribution in [-0.2, 0) is 0 Å². The van der Waals surface area contributed by atoms with Gasteiger partial charge in [-0.1, -0.05) is 0 Å². The van der Waals surface area contributed by atoms with Crippen molar-refractivity contribution in [3.8, 4) is 0 Å². The zero-order chi connectivity index (χ0) is 15.5. The number of aromatic nitrogens is 3. The summed E-state index contributed by atoms with van der Waals surface area (Å²) in [5.74, 6) is -0.773. The van der Waals surface area contributed by atoms with Crippen molar-refractivity contribution in [1.29, 1.82) is 0 Å². The first kappa shape index (κ1) is 14.2. The Bertz CT molecular complexity index is 659. The fourth-order valence-electron chi connectivity index (χ4n) is 2.73. The van der Waals surface area contributed by atoms with Gasteiger partial charge in [0.1, 0.15) is 5.69 Å². The fraction of sp³-hybridized carbons (Fsp3) is 0.333. The van der Waals surface area contributed by atoms with Gasteiger partial charge < -0.3 is 10.0 Å². The van der Waals surface area contributed by atoms with E-state index in [-0.39, 0.29) is 11.6 Å². The third kappa shape index (κ3) is 2.83. The highest BCUT2D eigenvalue weighted by Gasteiger charge is 2.25. The highest BCUT2D eigenvalue weighted by molar-refractivity contribution is 5.95. The predicted octanol–water partition coefficient (Wildman–Crippen LogP) is 1.52. The van der Waals surface area contributed by atoms with Crippen LogP contribution in [0, 0.1) is 0 Å². The van der Waals surface area contributed by atoms with E-state index in [1.165, 1.54) is 23.9 Å². The average molecular weight is 300 g/mol. The second-order valence-corrected chi connectivity index (χ2v) is 5.34. The highest BCUT2D eigenvalue weighted by atomic mass is 16.4. The van der Waals surface area contributed by atoms with Crippen molar-refractivity contribution in [2.24, 2.45) is 0 Å². The zero-order valence-corrected chi connectivity index (χ0v) is 11.9. The van der Waals surface area contributed by atoms with Gasteiger partial charge in [0.15, 0.2) is 0 Å². The molecule has 3 heterocycles. The Morgan fingerprint density at radius 3 is 2.55 bits per heavy atom. The average Bonchev–Trinajstić information content (AvgIpc) is 3.09. The number of amides is 1. The lowest BCUT2D eigenvalue weighted by Gasteiger charge is -2.31. The molecule has 7 nitrogen and oxygen atoms in total. The van der Waals surface area contributed by atoms with Gasteiger partial charge in [0.25, 0.3) is 5.91 Å². The summed E-state index contributed by atoms with van der Waals surface area (Å²) in [5.41, 5.74) is 1.54. The Labute approximate surface area is 127 Å². The number of carboxylic acids is 1. The number of hydrogen-bond donors (Lipinski definition) is 2. The quantitative estimate of drug-likeness (QED) is 0.895. The van der Waals surface area contributed by atoms with E-state index < -0.39 is 5.97 Å². The molecule has 0 saturated carbocycles. The van der Waals surface area contributed by atoms with Crippen molar-refractivity contribution < 1.29 is 14.7 Å². The normalized spacial score (nSPS) is 15.7. The van der Waals surface area contributed by atoms with E-state index in [1.807, 2.05) is 12.4 Å². The zero-order valence-electron chi connectivity index (χ0n) is 11.9. The number of aromatic amines is 1. The monoisotopic (exact) mass is 300 g/mol. The van der Waals surface area contributed by atoms with Crippen LogP contribution in [0.2, 0.25) is 0 Å². The maximum atomic E-state index is 12.4. The molecule has 0 spiro atoms. The SMILES string of the molecule is O=C(O)c1ccc(C(=O)N2CCC(c3cn[nH]c3)CC2)cn1. The Balaban J connectivity index is 1.63. The predicted molar refractivity (Wildman–Crippen MR) is 77.7 cm³/mol. The Morgan fingerprint density at radius 1 is 1.23 bits per heavy atom. The topological polar surface area (TPSA) is 99.2 Å². The molecule has 0 aliphatic carbocycles. The molecule has 0 bridgehead atoms. The molecule has 0 radical (unpaired) electrons. The van der Waals surface area contributed by atoms with Gasteiger partial charge in [-0.2, -0.15) is 5.10 Å². The smallest absolute Gasteiger partial charge is 0.354 e. The van der Waals surface area contributed by atoms with Crippen LogP contribution in [-0.4, -0.2) is 50.2 Å². The van der Waals surface area contributed by atoms with E-state index in [2.05, 4.69) is 15.2 Å². The number of rotatable bonds is 3. The van der Waals surface area contributed by atoms with E-state index in [0.717, 1.165) is 12.8 Å². The van der Waals surface area contributed by atoms with Gasteiger partial charge in [0, 0.05) is 25.5 Å². The Hall–Kier alpha value is -2.70. The van der Waals surface area contributed by atoms with Crippen LogP contribution in [0.1, 0.15) is 45.2 Å². The molecule has 0 atom stereocenters. The summed E-state index contributed by atoms with van der Waals surface area (Å²) in [6.07, 6.45) is 6.85. The third-order valence-electron chi connectivity index (χ3n) is 4.00. The molecule has 1 fully saturated rings. The molecular formula is C15H16N4O3. The summed E-state index contributed by atoms with van der Waals surface area (Å²) < 4.78 is 0. The molecule has 0 aromatic carbocycles. The molecule has 2 N–H and O–H groups in total. The number of carboxylic acid groups (broad SMARTS) is 1. The molecule has 3 rings (SSSR count). The van der Waals surface area contributed by atoms with Gasteiger partial charge in [0.05, 0.1) is 11.8 Å². The molecule has 114 valence electrons. The first-order valence-corrected chi connectivity index (χ1v) is 7.12. The minimum atomic E-state index is -1.10. The van der Waals surface area contributed by atoms with Gasteiger partial charge >= 0.3 is 5.97 Å². The summed E-state index contributed by atoms with van der Waals surface area (Å²) in [6.45, 7) is 1.35. The maximum absolute atomic E-state index is 12.4. The lowest BCUT2D eigenvalue weighted by atomic mass is 9.91. The summed E-state index contributed by atoms with van der Waals surface area (Å²) in [5, 5.41) is 15.6.